The van der Waals surface area contributed by atoms with Crippen LogP contribution in [-0.2, 0) is 6.18 Å². The van der Waals surface area contributed by atoms with Crippen LogP contribution in [0.3, 0.4) is 0 Å². The Morgan fingerprint density at radius 2 is 1.92 bits per heavy atom. The molecule has 24 heavy (non-hydrogen) atoms. The fourth-order valence-electron chi connectivity index (χ4n) is 2.30. The van der Waals surface area contributed by atoms with E-state index in [2.05, 4.69) is 5.32 Å². The predicted molar refractivity (Wildman–Crippen MR) is 82.0 cm³/mol. The number of halogens is 3. The molecular formula is C15H9F3N2O3S. The first-order valence-electron chi connectivity index (χ1n) is 6.66. The summed E-state index contributed by atoms with van der Waals surface area (Å²) in [5, 5.41) is 13.9. The average Bonchev–Trinajstić information content (AvgIpc) is 2.50. The Bertz CT molecular complexity index is 881. The zero-order valence-corrected chi connectivity index (χ0v) is 12.9. The number of nitrogens with zero attached hydrogens (tertiary/aromatic N) is 1. The number of nitro benzene ring substituents is 1. The highest BCUT2D eigenvalue weighted by molar-refractivity contribution is 7.99. The lowest BCUT2D eigenvalue weighted by molar-refractivity contribution is -0.384. The number of carbonyl (C=O) groups is 1. The third-order valence-electron chi connectivity index (χ3n) is 3.47. The molecule has 3 rings (SSSR count). The second kappa shape index (κ2) is 5.52. The van der Waals surface area contributed by atoms with Crippen LogP contribution in [0.15, 0.2) is 40.1 Å². The summed E-state index contributed by atoms with van der Waals surface area (Å²) in [4.78, 5) is 22.4. The van der Waals surface area contributed by atoms with Gasteiger partial charge in [0.1, 0.15) is 5.69 Å². The van der Waals surface area contributed by atoms with Crippen LogP contribution in [0.25, 0.3) is 0 Å². The molecule has 0 saturated carbocycles. The number of anilines is 2. The minimum atomic E-state index is -4.69. The number of ketones is 1. The van der Waals surface area contributed by atoms with Crippen LogP contribution in [0.2, 0.25) is 0 Å². The van der Waals surface area contributed by atoms with E-state index in [1.54, 1.807) is 18.2 Å². The summed E-state index contributed by atoms with van der Waals surface area (Å²) in [5.74, 6) is -0.181. The smallest absolute Gasteiger partial charge is 0.348 e. The summed E-state index contributed by atoms with van der Waals surface area (Å²) in [6.45, 7) is 1.38. The molecule has 1 aliphatic rings. The Kier molecular flexibility index (Phi) is 3.75. The molecule has 0 unspecified atom stereocenters. The van der Waals surface area contributed by atoms with E-state index in [1.165, 1.54) is 6.92 Å². The van der Waals surface area contributed by atoms with Gasteiger partial charge in [0.15, 0.2) is 5.78 Å². The molecule has 0 fully saturated rings. The topological polar surface area (TPSA) is 72.2 Å². The average molecular weight is 354 g/mol. The SMILES string of the molecule is CC(=O)c1ccc2c(c1)Sc1cc(C(F)(F)F)cc([N+](=O)[O-])c1N2. The van der Waals surface area contributed by atoms with Gasteiger partial charge < -0.3 is 5.32 Å². The van der Waals surface area contributed by atoms with E-state index in [0.717, 1.165) is 17.8 Å². The van der Waals surface area contributed by atoms with Crippen molar-refractivity contribution in [1.29, 1.82) is 0 Å². The molecule has 0 aromatic heterocycles. The molecule has 5 nitrogen and oxygen atoms in total. The molecule has 124 valence electrons. The Morgan fingerprint density at radius 3 is 2.50 bits per heavy atom. The quantitative estimate of drug-likeness (QED) is 0.397. The number of carbonyl (C=O) groups excluding carboxylic acids is 1. The fraction of sp³-hybridized carbons (Fsp3) is 0.133. The van der Waals surface area contributed by atoms with Crippen molar-refractivity contribution in [3.63, 3.8) is 0 Å². The molecular weight excluding hydrogens is 345 g/mol. The number of nitro groups is 1. The van der Waals surface area contributed by atoms with Gasteiger partial charge in [-0.05, 0) is 31.2 Å². The van der Waals surface area contributed by atoms with Gasteiger partial charge in [0.25, 0.3) is 5.69 Å². The van der Waals surface area contributed by atoms with E-state index in [4.69, 9.17) is 0 Å². The van der Waals surface area contributed by atoms with Crippen LogP contribution in [0.4, 0.5) is 30.2 Å². The molecule has 0 saturated heterocycles. The van der Waals surface area contributed by atoms with Crippen molar-refractivity contribution >= 4 is 34.6 Å². The summed E-state index contributed by atoms with van der Waals surface area (Å²) < 4.78 is 38.9. The summed E-state index contributed by atoms with van der Waals surface area (Å²) in [6, 6.07) is 6.05. The number of alkyl halides is 3. The molecule has 1 heterocycles. The van der Waals surface area contributed by atoms with Crippen LogP contribution in [0.1, 0.15) is 22.8 Å². The standard InChI is InChI=1S/C15H9F3N2O3S/c1-7(21)8-2-3-10-12(4-8)24-13-6-9(15(16,17)18)5-11(20(22)23)14(13)19-10/h2-6,19H,1H3. The van der Waals surface area contributed by atoms with Crippen molar-refractivity contribution < 1.29 is 22.9 Å². The van der Waals surface area contributed by atoms with E-state index in [0.29, 0.717) is 22.2 Å². The van der Waals surface area contributed by atoms with Gasteiger partial charge in [-0.25, -0.2) is 0 Å². The van der Waals surface area contributed by atoms with Crippen molar-refractivity contribution in [3.8, 4) is 0 Å². The van der Waals surface area contributed by atoms with Crippen LogP contribution in [0, 0.1) is 10.1 Å². The van der Waals surface area contributed by atoms with Gasteiger partial charge >= 0.3 is 6.18 Å². The molecule has 0 bridgehead atoms. The Hall–Kier alpha value is -2.55. The first kappa shape index (κ1) is 16.3. The van der Waals surface area contributed by atoms with Gasteiger partial charge in [-0.3, -0.25) is 14.9 Å². The molecule has 0 aliphatic carbocycles. The molecule has 0 amide bonds. The fourth-order valence-corrected chi connectivity index (χ4v) is 3.39. The highest BCUT2D eigenvalue weighted by Gasteiger charge is 2.36. The third-order valence-corrected chi connectivity index (χ3v) is 4.57. The number of Topliss-reactive ketones (excluding diaryl/α,β-unsaturated/α-hetero) is 1. The number of nitrogens with one attached hydrogen (secondary N) is 1. The maximum Gasteiger partial charge on any atom is 0.416 e. The van der Waals surface area contributed by atoms with Crippen LogP contribution in [-0.4, -0.2) is 10.7 Å². The molecule has 9 heteroatoms. The number of hydrogen-bond donors (Lipinski definition) is 1. The second-order valence-corrected chi connectivity index (χ2v) is 6.20. The third kappa shape index (κ3) is 2.82. The number of fused-ring (bicyclic) bond motifs is 2. The van der Waals surface area contributed by atoms with Crippen molar-refractivity contribution in [3.05, 3.63) is 51.6 Å². The van der Waals surface area contributed by atoms with Gasteiger partial charge in [0.05, 0.1) is 16.2 Å². The van der Waals surface area contributed by atoms with Gasteiger partial charge in [0.2, 0.25) is 0 Å². The van der Waals surface area contributed by atoms with Crippen molar-refractivity contribution in [2.24, 2.45) is 0 Å². The summed E-state index contributed by atoms with van der Waals surface area (Å²) in [5.41, 5.74) is -0.809. The molecule has 0 spiro atoms. The Morgan fingerprint density at radius 1 is 1.21 bits per heavy atom. The van der Waals surface area contributed by atoms with E-state index in [1.807, 2.05) is 0 Å². The van der Waals surface area contributed by atoms with Crippen molar-refractivity contribution in [2.75, 3.05) is 5.32 Å². The Labute approximate surface area is 138 Å². The lowest BCUT2D eigenvalue weighted by atomic mass is 10.1. The largest absolute Gasteiger partial charge is 0.416 e. The first-order chi connectivity index (χ1) is 11.2. The molecule has 2 aromatic rings. The van der Waals surface area contributed by atoms with Crippen LogP contribution in [0.5, 0.6) is 0 Å². The van der Waals surface area contributed by atoms with Crippen LogP contribution >= 0.6 is 11.8 Å². The molecule has 0 atom stereocenters. The summed E-state index contributed by atoms with van der Waals surface area (Å²) >= 11 is 0.957. The highest BCUT2D eigenvalue weighted by Crippen LogP contribution is 2.50. The van der Waals surface area contributed by atoms with Gasteiger partial charge in [0, 0.05) is 21.4 Å². The molecule has 1 aliphatic heterocycles. The zero-order valence-electron chi connectivity index (χ0n) is 12.1. The molecule has 0 radical (unpaired) electrons. The van der Waals surface area contributed by atoms with Gasteiger partial charge in [-0.1, -0.05) is 11.8 Å². The monoisotopic (exact) mass is 354 g/mol. The lowest BCUT2D eigenvalue weighted by Gasteiger charge is -2.22. The maximum atomic E-state index is 13.0. The second-order valence-electron chi connectivity index (χ2n) is 5.12. The lowest BCUT2D eigenvalue weighted by Crippen LogP contribution is -2.10. The van der Waals surface area contributed by atoms with Crippen molar-refractivity contribution in [2.45, 2.75) is 22.9 Å². The number of hydrogen-bond acceptors (Lipinski definition) is 5. The number of rotatable bonds is 2. The van der Waals surface area contributed by atoms with E-state index in [-0.39, 0.29) is 16.4 Å². The maximum absolute atomic E-state index is 13.0. The van der Waals surface area contributed by atoms with Crippen molar-refractivity contribution in [1.82, 2.24) is 0 Å². The first-order valence-corrected chi connectivity index (χ1v) is 7.48. The van der Waals surface area contributed by atoms with Crippen LogP contribution < -0.4 is 5.32 Å². The van der Waals surface area contributed by atoms with E-state index in [9.17, 15) is 28.1 Å². The summed E-state index contributed by atoms with van der Waals surface area (Å²) in [6.07, 6.45) is -4.69. The normalized spacial score (nSPS) is 12.8. The van der Waals surface area contributed by atoms with E-state index >= 15 is 0 Å². The minimum absolute atomic E-state index is 0.0149. The Balaban J connectivity index is 2.15. The zero-order chi connectivity index (χ0) is 17.6. The minimum Gasteiger partial charge on any atom is -0.348 e. The van der Waals surface area contributed by atoms with Gasteiger partial charge in [-0.15, -0.1) is 0 Å². The highest BCUT2D eigenvalue weighted by atomic mass is 32.2. The predicted octanol–water partition coefficient (Wildman–Crippen LogP) is 5.02. The number of benzene rings is 2. The summed E-state index contributed by atoms with van der Waals surface area (Å²) in [7, 11) is 0. The molecule has 1 N–H and O–H groups in total. The van der Waals surface area contributed by atoms with E-state index < -0.39 is 22.4 Å². The molecule has 2 aromatic carbocycles. The van der Waals surface area contributed by atoms with Gasteiger partial charge in [-0.2, -0.15) is 13.2 Å².